The third-order valence-corrected chi connectivity index (χ3v) is 7.01. The summed E-state index contributed by atoms with van der Waals surface area (Å²) >= 11 is 0. The van der Waals surface area contributed by atoms with Crippen molar-refractivity contribution in [2.24, 2.45) is 5.14 Å². The van der Waals surface area contributed by atoms with Gasteiger partial charge in [0.25, 0.3) is 0 Å². The molecule has 0 aliphatic rings. The first kappa shape index (κ1) is 26.0. The SMILES string of the molecule is CCOc1cccc(-c2nc3ncc(C(c4cccnc4)S(N)(=O)=O)nc3n2-c2c(OC)cccc2OC)n1. The number of hydrogen-bond acceptors (Lipinski definition) is 10. The van der Waals surface area contributed by atoms with Crippen LogP contribution >= 0.6 is 0 Å². The van der Waals surface area contributed by atoms with Crippen LogP contribution in [0, 0.1) is 0 Å². The lowest BCUT2D eigenvalue weighted by molar-refractivity contribution is 0.327. The molecule has 4 aromatic heterocycles. The first-order valence-electron chi connectivity index (χ1n) is 11.8. The van der Waals surface area contributed by atoms with Gasteiger partial charge in [0.2, 0.25) is 15.9 Å². The highest BCUT2D eigenvalue weighted by molar-refractivity contribution is 7.89. The molecular formula is C26H25N7O5S. The molecule has 5 aromatic rings. The molecule has 1 unspecified atom stereocenters. The lowest BCUT2D eigenvalue weighted by atomic mass is 10.1. The Bertz CT molecular complexity index is 1720. The summed E-state index contributed by atoms with van der Waals surface area (Å²) in [6, 6.07) is 13.8. The molecule has 0 radical (unpaired) electrons. The monoisotopic (exact) mass is 547 g/mol. The minimum atomic E-state index is -4.15. The van der Waals surface area contributed by atoms with Crippen LogP contribution in [0.2, 0.25) is 0 Å². The fourth-order valence-electron chi connectivity index (χ4n) is 4.26. The molecule has 0 bridgehead atoms. The van der Waals surface area contributed by atoms with E-state index >= 15 is 0 Å². The highest BCUT2D eigenvalue weighted by Gasteiger charge is 2.30. The van der Waals surface area contributed by atoms with Crippen LogP contribution in [0.1, 0.15) is 23.4 Å². The molecule has 5 rings (SSSR count). The van der Waals surface area contributed by atoms with Gasteiger partial charge in [-0.05, 0) is 36.8 Å². The van der Waals surface area contributed by atoms with E-state index in [1.807, 2.05) is 6.92 Å². The van der Waals surface area contributed by atoms with E-state index in [-0.39, 0.29) is 17.0 Å². The van der Waals surface area contributed by atoms with Crippen LogP contribution in [0.15, 0.2) is 67.1 Å². The van der Waals surface area contributed by atoms with Crippen LogP contribution in [-0.4, -0.2) is 58.7 Å². The van der Waals surface area contributed by atoms with Gasteiger partial charge in [-0.3, -0.25) is 9.55 Å². The van der Waals surface area contributed by atoms with Gasteiger partial charge in [-0.15, -0.1) is 0 Å². The number of methoxy groups -OCH3 is 2. The Morgan fingerprint density at radius 2 is 1.69 bits per heavy atom. The van der Waals surface area contributed by atoms with Crippen LogP contribution in [0.4, 0.5) is 0 Å². The number of fused-ring (bicyclic) bond motifs is 1. The van der Waals surface area contributed by atoms with Crippen molar-refractivity contribution in [2.75, 3.05) is 20.8 Å². The van der Waals surface area contributed by atoms with E-state index in [0.717, 1.165) is 0 Å². The maximum Gasteiger partial charge on any atom is 0.222 e. The summed E-state index contributed by atoms with van der Waals surface area (Å²) in [4.78, 5) is 22.6. The zero-order chi connectivity index (χ0) is 27.6. The Hall–Kier alpha value is -4.62. The van der Waals surface area contributed by atoms with E-state index in [4.69, 9.17) is 29.3 Å². The fraction of sp³-hybridized carbons (Fsp3) is 0.192. The summed E-state index contributed by atoms with van der Waals surface area (Å²) < 4.78 is 44.1. The Morgan fingerprint density at radius 1 is 0.949 bits per heavy atom. The van der Waals surface area contributed by atoms with E-state index in [1.54, 1.807) is 53.1 Å². The number of para-hydroxylation sites is 1. The van der Waals surface area contributed by atoms with Crippen LogP contribution in [0.5, 0.6) is 17.4 Å². The zero-order valence-corrected chi connectivity index (χ0v) is 22.2. The first-order valence-corrected chi connectivity index (χ1v) is 13.4. The van der Waals surface area contributed by atoms with Crippen molar-refractivity contribution in [1.29, 1.82) is 0 Å². The largest absolute Gasteiger partial charge is 0.494 e. The smallest absolute Gasteiger partial charge is 0.222 e. The van der Waals surface area contributed by atoms with E-state index in [0.29, 0.717) is 46.8 Å². The summed E-state index contributed by atoms with van der Waals surface area (Å²) in [6.07, 6.45) is 4.31. The van der Waals surface area contributed by atoms with Crippen molar-refractivity contribution >= 4 is 21.3 Å². The lowest BCUT2D eigenvalue weighted by Gasteiger charge is -2.17. The lowest BCUT2D eigenvalue weighted by Crippen LogP contribution is -2.24. The van der Waals surface area contributed by atoms with Gasteiger partial charge in [0, 0.05) is 18.5 Å². The van der Waals surface area contributed by atoms with Crippen molar-refractivity contribution < 1.29 is 22.6 Å². The molecule has 12 nitrogen and oxygen atoms in total. The standard InChI is InChI=1S/C26H25N7O5S/c1-4-38-21-12-5-9-17(30-21)25-32-24-26(33(25)22-19(36-2)10-6-11-20(22)37-3)31-18(15-29-24)23(39(27,34)35)16-8-7-13-28-14-16/h5-15,23H,4H2,1-3H3,(H2,27,34,35). The topological polar surface area (TPSA) is 157 Å². The number of pyridine rings is 2. The van der Waals surface area contributed by atoms with E-state index in [9.17, 15) is 8.42 Å². The normalized spacial score (nSPS) is 12.3. The number of hydrogen-bond donors (Lipinski definition) is 1. The van der Waals surface area contributed by atoms with Gasteiger partial charge in [-0.25, -0.2) is 33.5 Å². The number of nitrogens with two attached hydrogens (primary N) is 1. The summed E-state index contributed by atoms with van der Waals surface area (Å²) in [6.45, 7) is 2.30. The van der Waals surface area contributed by atoms with Gasteiger partial charge >= 0.3 is 0 Å². The first-order chi connectivity index (χ1) is 18.9. The zero-order valence-electron chi connectivity index (χ0n) is 21.3. The van der Waals surface area contributed by atoms with Crippen LogP contribution < -0.4 is 19.3 Å². The minimum Gasteiger partial charge on any atom is -0.494 e. The molecule has 1 aromatic carbocycles. The van der Waals surface area contributed by atoms with E-state index < -0.39 is 15.3 Å². The number of nitrogens with zero attached hydrogens (tertiary/aromatic N) is 6. The van der Waals surface area contributed by atoms with Crippen LogP contribution in [0.25, 0.3) is 28.5 Å². The van der Waals surface area contributed by atoms with Gasteiger partial charge in [0.1, 0.15) is 28.1 Å². The third kappa shape index (κ3) is 4.96. The molecular weight excluding hydrogens is 522 g/mol. The van der Waals surface area contributed by atoms with Crippen molar-refractivity contribution in [3.63, 3.8) is 0 Å². The third-order valence-electron chi connectivity index (χ3n) is 5.84. The molecule has 0 amide bonds. The van der Waals surface area contributed by atoms with Gasteiger partial charge in [0.15, 0.2) is 17.1 Å². The van der Waals surface area contributed by atoms with Gasteiger partial charge in [0.05, 0.1) is 32.7 Å². The average molecular weight is 548 g/mol. The molecule has 0 aliphatic heterocycles. The second kappa shape index (κ2) is 10.6. The predicted octanol–water partition coefficient (Wildman–Crippen LogP) is 3.07. The maximum atomic E-state index is 12.7. The van der Waals surface area contributed by atoms with E-state index in [2.05, 4.69) is 15.0 Å². The average Bonchev–Trinajstić information content (AvgIpc) is 3.31. The maximum absolute atomic E-state index is 12.7. The van der Waals surface area contributed by atoms with Crippen molar-refractivity contribution in [3.05, 3.63) is 78.4 Å². The summed E-state index contributed by atoms with van der Waals surface area (Å²) in [5.41, 5.74) is 1.86. The molecule has 200 valence electrons. The second-order valence-electron chi connectivity index (χ2n) is 8.27. The predicted molar refractivity (Wildman–Crippen MR) is 143 cm³/mol. The molecule has 0 aliphatic carbocycles. The second-order valence-corrected chi connectivity index (χ2v) is 9.92. The molecule has 0 saturated carbocycles. The highest BCUT2D eigenvalue weighted by atomic mass is 32.2. The molecule has 0 fully saturated rings. The van der Waals surface area contributed by atoms with Crippen molar-refractivity contribution in [1.82, 2.24) is 29.5 Å². The van der Waals surface area contributed by atoms with E-state index in [1.165, 1.54) is 32.8 Å². The van der Waals surface area contributed by atoms with Gasteiger partial charge < -0.3 is 14.2 Å². The van der Waals surface area contributed by atoms with Crippen molar-refractivity contribution in [3.8, 4) is 34.6 Å². The Labute approximate surface area is 224 Å². The highest BCUT2D eigenvalue weighted by Crippen LogP contribution is 2.38. The Kier molecular flexibility index (Phi) is 7.09. The molecule has 0 saturated heterocycles. The Balaban J connectivity index is 1.85. The molecule has 4 heterocycles. The number of primary sulfonamides is 1. The molecule has 13 heteroatoms. The van der Waals surface area contributed by atoms with Crippen LogP contribution in [-0.2, 0) is 10.0 Å². The Morgan fingerprint density at radius 3 is 2.33 bits per heavy atom. The van der Waals surface area contributed by atoms with Gasteiger partial charge in [-0.1, -0.05) is 18.2 Å². The number of benzene rings is 1. The number of imidazole rings is 1. The molecule has 39 heavy (non-hydrogen) atoms. The van der Waals surface area contributed by atoms with Gasteiger partial charge in [-0.2, -0.15) is 0 Å². The fourth-order valence-corrected chi connectivity index (χ4v) is 5.22. The molecule has 2 N–H and O–H groups in total. The molecule has 0 spiro atoms. The minimum absolute atomic E-state index is 0.0931. The number of aromatic nitrogens is 6. The summed E-state index contributed by atoms with van der Waals surface area (Å²) in [7, 11) is -1.09. The quantitative estimate of drug-likeness (QED) is 0.291. The number of sulfonamides is 1. The molecule has 1 atom stereocenters. The van der Waals surface area contributed by atoms with Crippen LogP contribution in [0.3, 0.4) is 0 Å². The number of rotatable bonds is 9. The number of ether oxygens (including phenoxy) is 3. The summed E-state index contributed by atoms with van der Waals surface area (Å²) in [5.74, 6) is 1.68. The summed E-state index contributed by atoms with van der Waals surface area (Å²) in [5, 5.41) is 4.35. The van der Waals surface area contributed by atoms with Crippen molar-refractivity contribution in [2.45, 2.75) is 12.2 Å².